The lowest BCUT2D eigenvalue weighted by Gasteiger charge is -2.24. The van der Waals surface area contributed by atoms with Gasteiger partial charge in [-0.1, -0.05) is 18.2 Å². The first-order chi connectivity index (χ1) is 9.65. The van der Waals surface area contributed by atoms with Gasteiger partial charge < -0.3 is 15.8 Å². The molecule has 2 atom stereocenters. The number of amides is 1. The highest BCUT2D eigenvalue weighted by Crippen LogP contribution is 2.27. The summed E-state index contributed by atoms with van der Waals surface area (Å²) in [5.74, 6) is -0.791. The van der Waals surface area contributed by atoms with Gasteiger partial charge in [0.2, 0.25) is 5.91 Å². The molecule has 1 fully saturated rings. The molecule has 3 N–H and O–H groups in total. The van der Waals surface area contributed by atoms with Crippen LogP contribution in [-0.2, 0) is 19.2 Å². The van der Waals surface area contributed by atoms with E-state index in [1.165, 1.54) is 12.2 Å². The number of nitrogens with zero attached hydrogens (tertiary/aromatic N) is 1. The number of carbonyl (C=O) groups excluding carboxylic acids is 2. The predicted octanol–water partition coefficient (Wildman–Crippen LogP) is -0.229. The molecule has 20 heavy (non-hydrogen) atoms. The average Bonchev–Trinajstić information content (AvgIpc) is 2.91. The second-order valence-corrected chi connectivity index (χ2v) is 4.30. The summed E-state index contributed by atoms with van der Waals surface area (Å²) < 4.78 is 4.67. The molecule has 0 radical (unpaired) electrons. The summed E-state index contributed by atoms with van der Waals surface area (Å²) in [5.41, 5.74) is 6.03. The highest BCUT2D eigenvalue weighted by atomic mass is 16.7. The van der Waals surface area contributed by atoms with Crippen molar-refractivity contribution in [3.05, 3.63) is 30.3 Å². The first-order valence-electron chi connectivity index (χ1n) is 6.24. The topological polar surface area (TPSA) is 93.9 Å². The van der Waals surface area contributed by atoms with E-state index < -0.39 is 18.2 Å². The number of nitrogens with one attached hydrogen (secondary N) is 1. The number of hydrogen-bond acceptors (Lipinski definition) is 6. The van der Waals surface area contributed by atoms with Crippen molar-refractivity contribution in [2.24, 2.45) is 5.73 Å². The molecule has 0 saturated carbocycles. The summed E-state index contributed by atoms with van der Waals surface area (Å²) >= 11 is 0. The van der Waals surface area contributed by atoms with E-state index in [0.717, 1.165) is 5.69 Å². The molecule has 1 aromatic carbocycles. The summed E-state index contributed by atoms with van der Waals surface area (Å²) in [5, 5.41) is 4.21. The molecular formula is C13H17N3O4. The zero-order valence-electron chi connectivity index (χ0n) is 11.1. The minimum Gasteiger partial charge on any atom is -0.467 e. The monoisotopic (exact) mass is 279 g/mol. The minimum atomic E-state index is -0.747. The number of anilines is 1. The van der Waals surface area contributed by atoms with Crippen LogP contribution >= 0.6 is 0 Å². The quantitative estimate of drug-likeness (QED) is 0.739. The molecule has 7 heteroatoms. The van der Waals surface area contributed by atoms with Crippen LogP contribution in [0.2, 0.25) is 0 Å². The van der Waals surface area contributed by atoms with Gasteiger partial charge in [0.25, 0.3) is 0 Å². The number of carbonyl (C=O) groups is 2. The SMILES string of the molecule is COC(=O)[C@H]1C[C@H](NC(=O)CN)N(c2ccccc2)O1. The minimum absolute atomic E-state index is 0.123. The number of para-hydroxylation sites is 1. The lowest BCUT2D eigenvalue weighted by Crippen LogP contribution is -2.46. The number of esters is 1. The van der Waals surface area contributed by atoms with Crippen molar-refractivity contribution in [2.45, 2.75) is 18.7 Å². The molecule has 1 aliphatic heterocycles. The number of benzene rings is 1. The normalized spacial score (nSPS) is 21.6. The largest absolute Gasteiger partial charge is 0.467 e. The lowest BCUT2D eigenvalue weighted by atomic mass is 10.2. The smallest absolute Gasteiger partial charge is 0.337 e. The van der Waals surface area contributed by atoms with E-state index in [0.29, 0.717) is 6.42 Å². The van der Waals surface area contributed by atoms with Crippen molar-refractivity contribution in [2.75, 3.05) is 18.7 Å². The first-order valence-corrected chi connectivity index (χ1v) is 6.24. The van der Waals surface area contributed by atoms with Crippen LogP contribution in [0.3, 0.4) is 0 Å². The standard InChI is InChI=1S/C13H17N3O4/c1-19-13(18)10-7-11(15-12(17)8-14)16(20-10)9-5-3-2-4-6-9/h2-6,10-11H,7-8,14H2,1H3,(H,15,17)/t10-,11-/m1/s1. The molecule has 0 aromatic heterocycles. The predicted molar refractivity (Wildman–Crippen MR) is 71.4 cm³/mol. The Bertz CT molecular complexity index is 480. The molecule has 108 valence electrons. The van der Waals surface area contributed by atoms with Gasteiger partial charge in [-0.05, 0) is 12.1 Å². The number of hydrogen-bond donors (Lipinski definition) is 2. The van der Waals surface area contributed by atoms with Crippen LogP contribution < -0.4 is 16.1 Å². The first kappa shape index (κ1) is 14.3. The van der Waals surface area contributed by atoms with Crippen LogP contribution in [0.15, 0.2) is 30.3 Å². The van der Waals surface area contributed by atoms with Gasteiger partial charge >= 0.3 is 5.97 Å². The molecule has 0 aliphatic carbocycles. The Morgan fingerprint density at radius 1 is 1.45 bits per heavy atom. The Morgan fingerprint density at radius 3 is 2.75 bits per heavy atom. The highest BCUT2D eigenvalue weighted by molar-refractivity contribution is 5.79. The fourth-order valence-corrected chi connectivity index (χ4v) is 2.00. The Balaban J connectivity index is 2.17. The van der Waals surface area contributed by atoms with Gasteiger partial charge in [0, 0.05) is 6.42 Å². The fourth-order valence-electron chi connectivity index (χ4n) is 2.00. The molecule has 0 bridgehead atoms. The third kappa shape index (κ3) is 3.06. The van der Waals surface area contributed by atoms with Crippen LogP contribution in [0.1, 0.15) is 6.42 Å². The molecule has 1 aromatic rings. The molecule has 0 unspecified atom stereocenters. The summed E-state index contributed by atoms with van der Waals surface area (Å²) in [6, 6.07) is 9.19. The van der Waals surface area contributed by atoms with Crippen molar-refractivity contribution >= 4 is 17.6 Å². The van der Waals surface area contributed by atoms with Gasteiger partial charge in [0.1, 0.15) is 6.17 Å². The number of methoxy groups -OCH3 is 1. The van der Waals surface area contributed by atoms with Crippen molar-refractivity contribution in [3.63, 3.8) is 0 Å². The second-order valence-electron chi connectivity index (χ2n) is 4.30. The maximum absolute atomic E-state index is 11.6. The molecule has 1 amide bonds. The average molecular weight is 279 g/mol. The summed E-state index contributed by atoms with van der Waals surface area (Å²) in [4.78, 5) is 28.6. The van der Waals surface area contributed by atoms with E-state index in [1.54, 1.807) is 0 Å². The molecular weight excluding hydrogens is 262 g/mol. The van der Waals surface area contributed by atoms with Crippen LogP contribution in [0.4, 0.5) is 5.69 Å². The molecule has 1 heterocycles. The van der Waals surface area contributed by atoms with E-state index in [9.17, 15) is 9.59 Å². The number of ether oxygens (including phenoxy) is 1. The summed E-state index contributed by atoms with van der Waals surface area (Å²) in [7, 11) is 1.30. The van der Waals surface area contributed by atoms with Gasteiger partial charge in [0.05, 0.1) is 19.3 Å². The number of hydroxylamine groups is 1. The van der Waals surface area contributed by atoms with E-state index in [1.807, 2.05) is 30.3 Å². The Hall–Kier alpha value is -2.12. The van der Waals surface area contributed by atoms with Crippen molar-refractivity contribution in [1.82, 2.24) is 5.32 Å². The van der Waals surface area contributed by atoms with E-state index >= 15 is 0 Å². The van der Waals surface area contributed by atoms with Gasteiger partial charge in [-0.15, -0.1) is 0 Å². The van der Waals surface area contributed by atoms with E-state index in [4.69, 9.17) is 10.6 Å². The molecule has 7 nitrogen and oxygen atoms in total. The van der Waals surface area contributed by atoms with Crippen LogP contribution in [0.5, 0.6) is 0 Å². The van der Waals surface area contributed by atoms with Crippen LogP contribution in [0.25, 0.3) is 0 Å². The highest BCUT2D eigenvalue weighted by Gasteiger charge is 2.39. The number of nitrogens with two attached hydrogens (primary N) is 1. The van der Waals surface area contributed by atoms with Crippen LogP contribution in [0, 0.1) is 0 Å². The van der Waals surface area contributed by atoms with Gasteiger partial charge in [-0.2, -0.15) is 0 Å². The molecule has 0 spiro atoms. The third-order valence-electron chi connectivity index (χ3n) is 2.95. The van der Waals surface area contributed by atoms with Crippen molar-refractivity contribution in [1.29, 1.82) is 0 Å². The van der Waals surface area contributed by atoms with E-state index in [-0.39, 0.29) is 12.5 Å². The van der Waals surface area contributed by atoms with Crippen molar-refractivity contribution in [3.8, 4) is 0 Å². The maximum Gasteiger partial charge on any atom is 0.337 e. The van der Waals surface area contributed by atoms with Gasteiger partial charge in [-0.25, -0.2) is 9.86 Å². The van der Waals surface area contributed by atoms with E-state index in [2.05, 4.69) is 10.1 Å². The zero-order chi connectivity index (χ0) is 14.5. The molecule has 1 saturated heterocycles. The van der Waals surface area contributed by atoms with Gasteiger partial charge in [0.15, 0.2) is 6.10 Å². The second kappa shape index (κ2) is 6.36. The van der Waals surface area contributed by atoms with Crippen molar-refractivity contribution < 1.29 is 19.2 Å². The Kier molecular flexibility index (Phi) is 4.54. The zero-order valence-corrected chi connectivity index (χ0v) is 11.1. The lowest BCUT2D eigenvalue weighted by molar-refractivity contribution is -0.151. The Morgan fingerprint density at radius 2 is 2.15 bits per heavy atom. The fraction of sp³-hybridized carbons (Fsp3) is 0.385. The molecule has 2 rings (SSSR count). The summed E-state index contributed by atoms with van der Waals surface area (Å²) in [6.07, 6.45) is -0.909. The Labute approximate surface area is 116 Å². The third-order valence-corrected chi connectivity index (χ3v) is 2.95. The van der Waals surface area contributed by atoms with Crippen LogP contribution in [-0.4, -0.2) is 37.8 Å². The maximum atomic E-state index is 11.6. The van der Waals surface area contributed by atoms with Gasteiger partial charge in [-0.3, -0.25) is 9.63 Å². The summed E-state index contributed by atoms with van der Waals surface area (Å²) in [6.45, 7) is -0.123. The number of rotatable bonds is 4. The molecule has 1 aliphatic rings.